The zero-order chi connectivity index (χ0) is 18.6. The average Bonchev–Trinajstić information content (AvgIpc) is 3.30. The topological polar surface area (TPSA) is 76.3 Å². The highest BCUT2D eigenvalue weighted by molar-refractivity contribution is 7.91. The molecule has 1 saturated carbocycles. The standard InChI is InChI=1S/C19H27N3O3S/c1-3-22(12-13-26(23,24)17-10-8-15(2)9-11-17)14-18-20-19(25-21-18)16-6-4-5-7-16/h8-11,16H,3-7,12-14H2,1-2H3. The molecule has 0 atom stereocenters. The maximum atomic E-state index is 12.5. The lowest BCUT2D eigenvalue weighted by atomic mass is 10.1. The molecule has 1 aromatic heterocycles. The van der Waals surface area contributed by atoms with Gasteiger partial charge in [0.15, 0.2) is 15.7 Å². The molecule has 0 bridgehead atoms. The second-order valence-electron chi connectivity index (χ2n) is 7.03. The summed E-state index contributed by atoms with van der Waals surface area (Å²) in [5.41, 5.74) is 1.05. The van der Waals surface area contributed by atoms with Crippen molar-refractivity contribution in [2.45, 2.75) is 56.9 Å². The van der Waals surface area contributed by atoms with E-state index in [-0.39, 0.29) is 5.75 Å². The van der Waals surface area contributed by atoms with Crippen LogP contribution in [0.2, 0.25) is 0 Å². The van der Waals surface area contributed by atoms with E-state index < -0.39 is 9.84 Å². The van der Waals surface area contributed by atoms with Gasteiger partial charge in [0.25, 0.3) is 0 Å². The molecule has 7 heteroatoms. The van der Waals surface area contributed by atoms with E-state index in [4.69, 9.17) is 4.52 Å². The summed E-state index contributed by atoms with van der Waals surface area (Å²) < 4.78 is 30.4. The van der Waals surface area contributed by atoms with Gasteiger partial charge in [0.2, 0.25) is 5.89 Å². The normalized spacial score (nSPS) is 15.8. The van der Waals surface area contributed by atoms with Crippen molar-refractivity contribution < 1.29 is 12.9 Å². The monoisotopic (exact) mass is 377 g/mol. The van der Waals surface area contributed by atoms with Crippen LogP contribution in [-0.2, 0) is 16.4 Å². The zero-order valence-electron chi connectivity index (χ0n) is 15.5. The Kier molecular flexibility index (Phi) is 6.09. The first kappa shape index (κ1) is 19.0. The number of sulfone groups is 1. The summed E-state index contributed by atoms with van der Waals surface area (Å²) in [7, 11) is -3.29. The van der Waals surface area contributed by atoms with E-state index in [1.807, 2.05) is 30.9 Å². The summed E-state index contributed by atoms with van der Waals surface area (Å²) in [5.74, 6) is 1.85. The van der Waals surface area contributed by atoms with Crippen LogP contribution in [0.5, 0.6) is 0 Å². The Morgan fingerprint density at radius 2 is 1.88 bits per heavy atom. The SMILES string of the molecule is CCN(CCS(=O)(=O)c1ccc(C)cc1)Cc1noc(C2CCCC2)n1. The molecule has 1 aromatic carbocycles. The van der Waals surface area contributed by atoms with Crippen LogP contribution in [0.4, 0.5) is 0 Å². The predicted molar refractivity (Wildman–Crippen MR) is 99.7 cm³/mol. The van der Waals surface area contributed by atoms with E-state index in [2.05, 4.69) is 10.1 Å². The van der Waals surface area contributed by atoms with E-state index >= 15 is 0 Å². The summed E-state index contributed by atoms with van der Waals surface area (Å²) in [5, 5.41) is 4.08. The van der Waals surface area contributed by atoms with Gasteiger partial charge in [-0.1, -0.05) is 42.6 Å². The van der Waals surface area contributed by atoms with Crippen molar-refractivity contribution in [1.82, 2.24) is 15.0 Å². The van der Waals surface area contributed by atoms with E-state index in [0.29, 0.717) is 29.7 Å². The molecule has 0 N–H and O–H groups in total. The van der Waals surface area contributed by atoms with E-state index in [9.17, 15) is 8.42 Å². The number of rotatable bonds is 8. The lowest BCUT2D eigenvalue weighted by Gasteiger charge is -2.18. The maximum Gasteiger partial charge on any atom is 0.229 e. The summed E-state index contributed by atoms with van der Waals surface area (Å²) in [6, 6.07) is 7.00. The van der Waals surface area contributed by atoms with Gasteiger partial charge in [-0.05, 0) is 38.4 Å². The Balaban J connectivity index is 1.58. The minimum Gasteiger partial charge on any atom is -0.339 e. The summed E-state index contributed by atoms with van der Waals surface area (Å²) >= 11 is 0. The Morgan fingerprint density at radius 1 is 1.19 bits per heavy atom. The molecule has 1 aliphatic rings. The molecule has 26 heavy (non-hydrogen) atoms. The van der Waals surface area contributed by atoms with Crippen LogP contribution in [0, 0.1) is 6.92 Å². The van der Waals surface area contributed by atoms with E-state index in [1.54, 1.807) is 12.1 Å². The third-order valence-corrected chi connectivity index (χ3v) is 6.77. The highest BCUT2D eigenvalue weighted by Gasteiger charge is 2.23. The van der Waals surface area contributed by atoms with Crippen LogP contribution in [0.25, 0.3) is 0 Å². The molecule has 6 nitrogen and oxygen atoms in total. The number of benzene rings is 1. The molecule has 0 saturated heterocycles. The van der Waals surface area contributed by atoms with Gasteiger partial charge >= 0.3 is 0 Å². The zero-order valence-corrected chi connectivity index (χ0v) is 16.3. The van der Waals surface area contributed by atoms with Gasteiger partial charge in [-0.15, -0.1) is 0 Å². The molecule has 1 fully saturated rings. The molecule has 0 amide bonds. The lowest BCUT2D eigenvalue weighted by Crippen LogP contribution is -2.29. The van der Waals surface area contributed by atoms with Crippen LogP contribution in [0.15, 0.2) is 33.7 Å². The largest absolute Gasteiger partial charge is 0.339 e. The van der Waals surface area contributed by atoms with Gasteiger partial charge in [-0.2, -0.15) is 4.98 Å². The fraction of sp³-hybridized carbons (Fsp3) is 0.579. The molecule has 2 aromatic rings. The molecular formula is C19H27N3O3S. The third kappa shape index (κ3) is 4.71. The molecule has 3 rings (SSSR count). The average molecular weight is 378 g/mol. The Labute approximate surface area is 155 Å². The van der Waals surface area contributed by atoms with Crippen molar-refractivity contribution in [1.29, 1.82) is 0 Å². The highest BCUT2D eigenvalue weighted by Crippen LogP contribution is 2.32. The predicted octanol–water partition coefficient (Wildman–Crippen LogP) is 3.33. The molecule has 0 aliphatic heterocycles. The maximum absolute atomic E-state index is 12.5. The second-order valence-corrected chi connectivity index (χ2v) is 9.14. The van der Waals surface area contributed by atoms with Crippen LogP contribution < -0.4 is 0 Å². The summed E-state index contributed by atoms with van der Waals surface area (Å²) in [6.07, 6.45) is 4.68. The fourth-order valence-corrected chi connectivity index (χ4v) is 4.62. The van der Waals surface area contributed by atoms with Gasteiger partial charge < -0.3 is 4.52 Å². The van der Waals surface area contributed by atoms with Gasteiger partial charge in [0.05, 0.1) is 17.2 Å². The van der Waals surface area contributed by atoms with Gasteiger partial charge in [-0.25, -0.2) is 8.42 Å². The van der Waals surface area contributed by atoms with Crippen LogP contribution in [0.3, 0.4) is 0 Å². The molecular weight excluding hydrogens is 350 g/mol. The Morgan fingerprint density at radius 3 is 2.54 bits per heavy atom. The van der Waals surface area contributed by atoms with Crippen molar-refractivity contribution in [2.75, 3.05) is 18.8 Å². The molecule has 1 aliphatic carbocycles. The highest BCUT2D eigenvalue weighted by atomic mass is 32.2. The van der Waals surface area contributed by atoms with E-state index in [1.165, 1.54) is 12.8 Å². The first-order valence-corrected chi connectivity index (χ1v) is 11.0. The van der Waals surface area contributed by atoms with Crippen LogP contribution in [-0.4, -0.2) is 42.3 Å². The third-order valence-electron chi connectivity index (χ3n) is 5.06. The first-order valence-electron chi connectivity index (χ1n) is 9.32. The first-order chi connectivity index (χ1) is 12.5. The summed E-state index contributed by atoms with van der Waals surface area (Å²) in [4.78, 5) is 6.94. The molecule has 142 valence electrons. The number of hydrogen-bond donors (Lipinski definition) is 0. The molecule has 0 spiro atoms. The molecule has 0 unspecified atom stereocenters. The van der Waals surface area contributed by atoms with Crippen molar-refractivity contribution in [2.24, 2.45) is 0 Å². The van der Waals surface area contributed by atoms with Gasteiger partial charge in [-0.3, -0.25) is 4.90 Å². The smallest absolute Gasteiger partial charge is 0.229 e. The Hall–Kier alpha value is -1.73. The van der Waals surface area contributed by atoms with Gasteiger partial charge in [0, 0.05) is 12.5 Å². The van der Waals surface area contributed by atoms with Crippen molar-refractivity contribution >= 4 is 9.84 Å². The van der Waals surface area contributed by atoms with E-state index in [0.717, 1.165) is 30.8 Å². The number of hydrogen-bond acceptors (Lipinski definition) is 6. The number of aryl methyl sites for hydroxylation is 1. The summed E-state index contributed by atoms with van der Waals surface area (Å²) in [6.45, 7) is 5.64. The Bertz CT molecular complexity index is 809. The number of nitrogens with zero attached hydrogens (tertiary/aromatic N) is 3. The van der Waals surface area contributed by atoms with Crippen molar-refractivity contribution in [3.8, 4) is 0 Å². The van der Waals surface area contributed by atoms with Crippen LogP contribution in [0.1, 0.15) is 55.8 Å². The lowest BCUT2D eigenvalue weighted by molar-refractivity contribution is 0.280. The van der Waals surface area contributed by atoms with Gasteiger partial charge in [0.1, 0.15) is 0 Å². The quantitative estimate of drug-likeness (QED) is 0.702. The van der Waals surface area contributed by atoms with Crippen LogP contribution >= 0.6 is 0 Å². The van der Waals surface area contributed by atoms with Crippen molar-refractivity contribution in [3.63, 3.8) is 0 Å². The molecule has 1 heterocycles. The van der Waals surface area contributed by atoms with Crippen molar-refractivity contribution in [3.05, 3.63) is 41.5 Å². The fourth-order valence-electron chi connectivity index (χ4n) is 3.33. The minimum atomic E-state index is -3.29. The number of aromatic nitrogens is 2. The second kappa shape index (κ2) is 8.31. The minimum absolute atomic E-state index is 0.0806. The molecule has 0 radical (unpaired) electrons.